The molecule has 1 saturated carbocycles. The van der Waals surface area contributed by atoms with E-state index in [0.29, 0.717) is 47.9 Å². The molecule has 6 atom stereocenters. The summed E-state index contributed by atoms with van der Waals surface area (Å²) in [6, 6.07) is 17.1. The van der Waals surface area contributed by atoms with Gasteiger partial charge in [0.1, 0.15) is 22.8 Å². The van der Waals surface area contributed by atoms with Crippen molar-refractivity contribution in [2.75, 3.05) is 31.7 Å². The number of oxime groups is 1. The minimum atomic E-state index is -4.25. The molecule has 2 aliphatic carbocycles. The quantitative estimate of drug-likeness (QED) is 0.0571. The molecular weight excluding hydrogens is 819 g/mol. The Bertz CT molecular complexity index is 2250. The van der Waals surface area contributed by atoms with Crippen LogP contribution in [0.3, 0.4) is 0 Å². The van der Waals surface area contributed by atoms with Gasteiger partial charge in [-0.05, 0) is 150 Å². The number of carbonyl (C=O) groups is 1. The molecule has 0 aromatic heterocycles. The van der Waals surface area contributed by atoms with Crippen molar-refractivity contribution in [1.29, 1.82) is 0 Å². The summed E-state index contributed by atoms with van der Waals surface area (Å²) in [7, 11) is -4.25. The van der Waals surface area contributed by atoms with Gasteiger partial charge in [-0.25, -0.2) is 8.42 Å². The van der Waals surface area contributed by atoms with Crippen LogP contribution in [0.25, 0.3) is 0 Å². The smallest absolute Gasteiger partial charge is 0.243 e. The normalized spacial score (nSPS) is 23.6. The molecule has 0 spiro atoms. The van der Waals surface area contributed by atoms with E-state index in [1.165, 1.54) is 23.4 Å². The van der Waals surface area contributed by atoms with Gasteiger partial charge in [0, 0.05) is 50.3 Å². The van der Waals surface area contributed by atoms with Crippen LogP contribution >= 0.6 is 0 Å². The van der Waals surface area contributed by atoms with Crippen molar-refractivity contribution in [3.63, 3.8) is 0 Å². The zero-order valence-corrected chi connectivity index (χ0v) is 38.9. The number of hydrogen-bond acceptors (Lipinski definition) is 10. The van der Waals surface area contributed by atoms with Crippen LogP contribution in [0.15, 0.2) is 95.0 Å². The average molecular weight is 886 g/mol. The molecule has 1 fully saturated rings. The number of unbranched alkanes of at least 4 members (excludes halogenated alkanes) is 2. The third-order valence-corrected chi connectivity index (χ3v) is 14.3. The van der Waals surface area contributed by atoms with E-state index in [1.54, 1.807) is 18.2 Å². The van der Waals surface area contributed by atoms with Gasteiger partial charge in [0.2, 0.25) is 21.7 Å². The first-order valence-electron chi connectivity index (χ1n) is 22.5. The Balaban J connectivity index is 1.62. The maximum absolute atomic E-state index is 15.2. The van der Waals surface area contributed by atoms with E-state index in [4.69, 9.17) is 24.2 Å². The van der Waals surface area contributed by atoms with Crippen molar-refractivity contribution in [2.45, 2.75) is 128 Å². The van der Waals surface area contributed by atoms with Gasteiger partial charge >= 0.3 is 0 Å². The fourth-order valence-electron chi connectivity index (χ4n) is 9.51. The maximum Gasteiger partial charge on any atom is 0.243 e. The predicted molar refractivity (Wildman–Crippen MR) is 247 cm³/mol. The van der Waals surface area contributed by atoms with Crippen molar-refractivity contribution >= 4 is 27.3 Å². The Hall–Kier alpha value is -4.53. The summed E-state index contributed by atoms with van der Waals surface area (Å²) in [5, 5.41) is 27.5. The molecule has 342 valence electrons. The second-order valence-electron chi connectivity index (χ2n) is 18.1. The van der Waals surface area contributed by atoms with Crippen LogP contribution in [0.5, 0.6) is 17.2 Å². The van der Waals surface area contributed by atoms with Crippen LogP contribution < -0.4 is 14.8 Å². The van der Waals surface area contributed by atoms with E-state index < -0.39 is 33.4 Å². The molecule has 6 rings (SSSR count). The number of ether oxygens (including phenoxy) is 3. The van der Waals surface area contributed by atoms with Gasteiger partial charge in [0.15, 0.2) is 0 Å². The first-order chi connectivity index (χ1) is 30.1. The summed E-state index contributed by atoms with van der Waals surface area (Å²) < 4.78 is 52.9. The highest BCUT2D eigenvalue weighted by atomic mass is 32.2. The van der Waals surface area contributed by atoms with Gasteiger partial charge in [-0.1, -0.05) is 43.1 Å². The molecule has 13 heteroatoms. The van der Waals surface area contributed by atoms with Gasteiger partial charge in [0.25, 0.3) is 0 Å². The third-order valence-electron chi connectivity index (χ3n) is 12.4. The second kappa shape index (κ2) is 20.5. The van der Waals surface area contributed by atoms with Gasteiger partial charge in [-0.2, -0.15) is 4.31 Å². The highest BCUT2D eigenvalue weighted by molar-refractivity contribution is 7.89. The van der Waals surface area contributed by atoms with Crippen molar-refractivity contribution in [3.8, 4) is 17.2 Å². The lowest BCUT2D eigenvalue weighted by molar-refractivity contribution is -0.251. The van der Waals surface area contributed by atoms with Crippen molar-refractivity contribution in [1.82, 2.24) is 4.31 Å². The van der Waals surface area contributed by atoms with Gasteiger partial charge in [-0.3, -0.25) is 4.79 Å². The molecule has 0 saturated heterocycles. The molecule has 3 aromatic carbocycles. The number of rotatable bonds is 20. The monoisotopic (exact) mass is 885 g/mol. The number of carbonyl (C=O) groups excluding carboxylic acids is 1. The van der Waals surface area contributed by atoms with E-state index >= 15 is 8.42 Å². The van der Waals surface area contributed by atoms with Crippen molar-refractivity contribution < 1.29 is 42.5 Å². The number of aliphatic hydroxyl groups is 2. The zero-order valence-electron chi connectivity index (χ0n) is 38.1. The topological polar surface area (TPSA) is 156 Å². The second-order valence-corrected chi connectivity index (χ2v) is 20.0. The molecule has 3 N–H and O–H groups in total. The Labute approximate surface area is 374 Å². The molecule has 0 radical (unpaired) electrons. The summed E-state index contributed by atoms with van der Waals surface area (Å²) in [6.07, 6.45) is 8.98. The summed E-state index contributed by atoms with van der Waals surface area (Å²) >= 11 is 0. The van der Waals surface area contributed by atoms with Gasteiger partial charge in [0.05, 0.1) is 29.2 Å². The summed E-state index contributed by atoms with van der Waals surface area (Å²) in [5.41, 5.74) is 4.53. The molecular formula is C50H67N3O9S. The van der Waals surface area contributed by atoms with Crippen LogP contribution in [-0.2, 0) is 24.4 Å². The standard InChI is InChI=1S/C50H67N3O9S/c1-9-25-53(63(57,58)40-22-18-37(19-23-40)51-35(5)56)46-32-44(52-62-49(6,7)8)42-30-36(15-11-13-26-54)41(16-12-14-27-55)47-43-31-39(60-38-20-17-33(3)34(4)29-38)21-24-45(43)61-50(46,48(42)47)59-28-10-2/h10,17-24,29-31,36,41,46-48,54-55H,2,9,11-16,25-28,32H2,1,3-8H3,(H,51,56). The molecule has 6 unspecified atom stereocenters. The van der Waals surface area contributed by atoms with Crippen molar-refractivity contribution in [2.24, 2.45) is 22.9 Å². The van der Waals surface area contributed by atoms with Gasteiger partial charge in [-0.15, -0.1) is 6.58 Å². The van der Waals surface area contributed by atoms with E-state index in [0.717, 1.165) is 47.9 Å². The Morgan fingerprint density at radius 3 is 2.30 bits per heavy atom. The lowest BCUT2D eigenvalue weighted by Crippen LogP contribution is -2.70. The molecule has 12 nitrogen and oxygen atoms in total. The Morgan fingerprint density at radius 2 is 1.67 bits per heavy atom. The van der Waals surface area contributed by atoms with Crippen LogP contribution in [0, 0.1) is 31.6 Å². The SMILES string of the molecule is C=CCOC12Oc3ccc(Oc4ccc(C)c(C)c4)cc3C3C(CCCCO)C(CCCCO)C=C(C(=NOC(C)(C)C)CC1N(CCC)S(=O)(=O)c1ccc(NC(C)=O)cc1)C32. The van der Waals surface area contributed by atoms with Gasteiger partial charge < -0.3 is 34.6 Å². The fourth-order valence-corrected chi connectivity index (χ4v) is 11.2. The highest BCUT2D eigenvalue weighted by Gasteiger charge is 2.66. The number of benzene rings is 3. The van der Waals surface area contributed by atoms with Crippen LogP contribution in [0.2, 0.25) is 0 Å². The molecule has 0 bridgehead atoms. The predicted octanol–water partition coefficient (Wildman–Crippen LogP) is 9.59. The lowest BCUT2D eigenvalue weighted by Gasteiger charge is -2.59. The summed E-state index contributed by atoms with van der Waals surface area (Å²) in [6.45, 7) is 17.6. The third kappa shape index (κ3) is 10.7. The molecule has 63 heavy (non-hydrogen) atoms. The Kier molecular flexibility index (Phi) is 15.6. The minimum absolute atomic E-state index is 0.00342. The molecule has 1 amide bonds. The molecule has 3 aliphatic rings. The minimum Gasteiger partial charge on any atom is -0.460 e. The number of amides is 1. The largest absolute Gasteiger partial charge is 0.460 e. The number of allylic oxidation sites excluding steroid dienone is 1. The number of anilines is 1. The van der Waals surface area contributed by atoms with E-state index in [2.05, 4.69) is 37.9 Å². The number of aryl methyl sites for hydroxylation is 2. The molecule has 1 heterocycles. The number of sulfonamides is 1. The highest BCUT2D eigenvalue weighted by Crippen LogP contribution is 2.62. The number of fused-ring (bicyclic) bond motifs is 2. The zero-order chi connectivity index (χ0) is 45.5. The first-order valence-corrected chi connectivity index (χ1v) is 23.9. The number of nitrogens with one attached hydrogen (secondary N) is 1. The number of nitrogens with zero attached hydrogens (tertiary/aromatic N) is 2. The summed E-state index contributed by atoms with van der Waals surface area (Å²) in [4.78, 5) is 18.1. The maximum atomic E-state index is 15.2. The number of aliphatic hydroxyl groups excluding tert-OH is 2. The summed E-state index contributed by atoms with van der Waals surface area (Å²) in [5.74, 6) is -0.750. The van der Waals surface area contributed by atoms with Crippen molar-refractivity contribution in [3.05, 3.63) is 102 Å². The van der Waals surface area contributed by atoms with E-state index in [1.807, 2.05) is 58.0 Å². The first kappa shape index (κ1) is 47.9. The lowest BCUT2D eigenvalue weighted by atomic mass is 9.55. The van der Waals surface area contributed by atoms with E-state index in [9.17, 15) is 15.0 Å². The van der Waals surface area contributed by atoms with E-state index in [-0.39, 0.29) is 61.3 Å². The molecule has 3 aromatic rings. The van der Waals surface area contributed by atoms with Crippen LogP contribution in [-0.4, -0.2) is 78.4 Å². The fraction of sp³-hybridized carbons (Fsp3) is 0.520. The number of hydrogen-bond donors (Lipinski definition) is 3. The molecule has 1 aliphatic heterocycles. The average Bonchev–Trinajstić information content (AvgIpc) is 3.23. The Morgan fingerprint density at radius 1 is 0.984 bits per heavy atom. The van der Waals surface area contributed by atoms with Crippen LogP contribution in [0.1, 0.15) is 109 Å². The van der Waals surface area contributed by atoms with Crippen LogP contribution in [0.4, 0.5) is 5.69 Å².